The highest BCUT2D eigenvalue weighted by Crippen LogP contribution is 2.29. The summed E-state index contributed by atoms with van der Waals surface area (Å²) in [6.07, 6.45) is 0. The molecular formula is C23H18N4. The van der Waals surface area contributed by atoms with Crippen molar-refractivity contribution in [3.05, 3.63) is 84.6 Å². The Balaban J connectivity index is 1.64. The molecule has 2 N–H and O–H groups in total. The summed E-state index contributed by atoms with van der Waals surface area (Å²) in [6, 6.07) is 26.8. The van der Waals surface area contributed by atoms with Gasteiger partial charge in [-0.1, -0.05) is 60.7 Å². The molecule has 0 bridgehead atoms. The summed E-state index contributed by atoms with van der Waals surface area (Å²) in [6.45, 7) is 2.03. The molecule has 5 aromatic rings. The van der Waals surface area contributed by atoms with Crippen LogP contribution in [0.5, 0.6) is 0 Å². The predicted molar refractivity (Wildman–Crippen MR) is 111 cm³/mol. The number of H-pyrrole nitrogens is 1. The molecule has 0 spiro atoms. The van der Waals surface area contributed by atoms with Crippen LogP contribution in [0.4, 0.5) is 11.5 Å². The van der Waals surface area contributed by atoms with E-state index in [-0.39, 0.29) is 0 Å². The van der Waals surface area contributed by atoms with Gasteiger partial charge in [-0.2, -0.15) is 0 Å². The molecule has 0 aliphatic rings. The molecule has 0 fully saturated rings. The molecule has 0 radical (unpaired) electrons. The first-order valence-electron chi connectivity index (χ1n) is 8.95. The van der Waals surface area contributed by atoms with Crippen LogP contribution in [0.2, 0.25) is 0 Å². The number of nitrogens with one attached hydrogen (secondary N) is 2. The molecule has 2 aromatic heterocycles. The molecule has 0 atom stereocenters. The van der Waals surface area contributed by atoms with Crippen LogP contribution in [0.1, 0.15) is 5.69 Å². The van der Waals surface area contributed by atoms with E-state index in [0.29, 0.717) is 5.82 Å². The summed E-state index contributed by atoms with van der Waals surface area (Å²) in [7, 11) is 0. The van der Waals surface area contributed by atoms with Gasteiger partial charge in [0, 0.05) is 16.9 Å². The first kappa shape index (κ1) is 15.6. The van der Waals surface area contributed by atoms with Crippen LogP contribution in [0.25, 0.3) is 33.2 Å². The zero-order chi connectivity index (χ0) is 18.2. The monoisotopic (exact) mass is 350 g/mol. The van der Waals surface area contributed by atoms with Crippen LogP contribution in [-0.2, 0) is 0 Å². The minimum atomic E-state index is 0.702. The average Bonchev–Trinajstić information content (AvgIpc) is 3.09. The van der Waals surface area contributed by atoms with Crippen molar-refractivity contribution in [3.63, 3.8) is 0 Å². The smallest absolute Gasteiger partial charge is 0.163 e. The maximum atomic E-state index is 4.82. The molecule has 4 nitrogen and oxygen atoms in total. The van der Waals surface area contributed by atoms with Gasteiger partial charge < -0.3 is 10.3 Å². The van der Waals surface area contributed by atoms with E-state index in [4.69, 9.17) is 9.97 Å². The van der Waals surface area contributed by atoms with Gasteiger partial charge in [-0.05, 0) is 35.9 Å². The van der Waals surface area contributed by atoms with E-state index in [1.54, 1.807) is 0 Å². The van der Waals surface area contributed by atoms with Gasteiger partial charge in [-0.15, -0.1) is 0 Å². The van der Waals surface area contributed by atoms with Gasteiger partial charge in [-0.3, -0.25) is 0 Å². The van der Waals surface area contributed by atoms with Gasteiger partial charge in [0.2, 0.25) is 0 Å². The van der Waals surface area contributed by atoms with E-state index in [2.05, 4.69) is 58.8 Å². The van der Waals surface area contributed by atoms with Crippen molar-refractivity contribution >= 4 is 33.3 Å². The number of aromatic amines is 1. The number of aryl methyl sites for hydroxylation is 1. The first-order valence-corrected chi connectivity index (χ1v) is 8.95. The third kappa shape index (κ3) is 2.91. The topological polar surface area (TPSA) is 53.6 Å². The number of hydrogen-bond donors (Lipinski definition) is 2. The molecule has 0 saturated heterocycles. The van der Waals surface area contributed by atoms with Crippen molar-refractivity contribution in [3.8, 4) is 11.4 Å². The van der Waals surface area contributed by atoms with Crippen LogP contribution in [-0.4, -0.2) is 15.0 Å². The molecule has 2 heterocycles. The Labute approximate surface area is 156 Å². The number of hydrogen-bond acceptors (Lipinski definition) is 3. The van der Waals surface area contributed by atoms with Crippen LogP contribution >= 0.6 is 0 Å². The number of rotatable bonds is 3. The zero-order valence-electron chi connectivity index (χ0n) is 14.9. The standard InChI is InChI=1S/C23H18N4/c1-15-13-20-22(24-15)26-21(17-8-3-2-4-9-17)27-23(20)25-19-12-11-16-7-5-6-10-18(16)14-19/h2-14H,1H3,(H2,24,25,26,27). The minimum Gasteiger partial charge on any atom is -0.343 e. The van der Waals surface area contributed by atoms with Crippen molar-refractivity contribution in [2.24, 2.45) is 0 Å². The molecule has 0 saturated carbocycles. The van der Waals surface area contributed by atoms with E-state index in [9.17, 15) is 0 Å². The average molecular weight is 350 g/mol. The van der Waals surface area contributed by atoms with Crippen LogP contribution < -0.4 is 5.32 Å². The first-order chi connectivity index (χ1) is 13.3. The second-order valence-corrected chi connectivity index (χ2v) is 6.66. The number of aromatic nitrogens is 3. The Morgan fingerprint density at radius 3 is 2.41 bits per heavy atom. The fourth-order valence-corrected chi connectivity index (χ4v) is 3.36. The van der Waals surface area contributed by atoms with Crippen LogP contribution in [0, 0.1) is 6.92 Å². The molecule has 0 aliphatic carbocycles. The lowest BCUT2D eigenvalue weighted by molar-refractivity contribution is 1.19. The Kier molecular flexibility index (Phi) is 3.61. The summed E-state index contributed by atoms with van der Waals surface area (Å²) in [4.78, 5) is 12.9. The molecule has 27 heavy (non-hydrogen) atoms. The fraction of sp³-hybridized carbons (Fsp3) is 0.0435. The van der Waals surface area contributed by atoms with Crippen LogP contribution in [0.15, 0.2) is 78.9 Å². The largest absolute Gasteiger partial charge is 0.343 e. The van der Waals surface area contributed by atoms with Gasteiger partial charge in [0.25, 0.3) is 0 Å². The lowest BCUT2D eigenvalue weighted by Crippen LogP contribution is -1.98. The second kappa shape index (κ2) is 6.25. The van der Waals surface area contributed by atoms with E-state index < -0.39 is 0 Å². The van der Waals surface area contributed by atoms with Crippen molar-refractivity contribution in [2.45, 2.75) is 6.92 Å². The number of nitrogens with zero attached hydrogens (tertiary/aromatic N) is 2. The third-order valence-corrected chi connectivity index (χ3v) is 4.67. The Hall–Kier alpha value is -3.66. The number of benzene rings is 3. The molecule has 0 aliphatic heterocycles. The highest BCUT2D eigenvalue weighted by atomic mass is 15.1. The number of fused-ring (bicyclic) bond motifs is 2. The summed E-state index contributed by atoms with van der Waals surface area (Å²) in [5.74, 6) is 1.51. The third-order valence-electron chi connectivity index (χ3n) is 4.67. The van der Waals surface area contributed by atoms with Gasteiger partial charge in [-0.25, -0.2) is 9.97 Å². The molecule has 130 valence electrons. The summed E-state index contributed by atoms with van der Waals surface area (Å²) in [5, 5.41) is 6.89. The maximum Gasteiger partial charge on any atom is 0.163 e. The minimum absolute atomic E-state index is 0.702. The van der Waals surface area contributed by atoms with E-state index >= 15 is 0 Å². The van der Waals surface area contributed by atoms with Gasteiger partial charge in [0.05, 0.1) is 5.39 Å². The second-order valence-electron chi connectivity index (χ2n) is 6.66. The van der Waals surface area contributed by atoms with Crippen molar-refractivity contribution < 1.29 is 0 Å². The van der Waals surface area contributed by atoms with Gasteiger partial charge >= 0.3 is 0 Å². The SMILES string of the molecule is Cc1cc2c(Nc3ccc4ccccc4c3)nc(-c3ccccc3)nc2[nH]1. The van der Waals surface area contributed by atoms with E-state index in [1.807, 2.05) is 37.3 Å². The highest BCUT2D eigenvalue weighted by molar-refractivity contribution is 5.93. The van der Waals surface area contributed by atoms with Crippen molar-refractivity contribution in [2.75, 3.05) is 5.32 Å². The predicted octanol–water partition coefficient (Wildman–Crippen LogP) is 5.83. The Morgan fingerprint density at radius 1 is 0.778 bits per heavy atom. The fourth-order valence-electron chi connectivity index (χ4n) is 3.36. The van der Waals surface area contributed by atoms with Gasteiger partial charge in [0.15, 0.2) is 5.82 Å². The summed E-state index contributed by atoms with van der Waals surface area (Å²) in [5.41, 5.74) is 3.90. The van der Waals surface area contributed by atoms with Crippen LogP contribution in [0.3, 0.4) is 0 Å². The quantitative estimate of drug-likeness (QED) is 0.430. The summed E-state index contributed by atoms with van der Waals surface area (Å²) >= 11 is 0. The van der Waals surface area contributed by atoms with E-state index in [0.717, 1.165) is 33.8 Å². The number of anilines is 2. The zero-order valence-corrected chi connectivity index (χ0v) is 14.9. The lowest BCUT2D eigenvalue weighted by Gasteiger charge is -2.10. The molecule has 0 amide bonds. The highest BCUT2D eigenvalue weighted by Gasteiger charge is 2.12. The summed E-state index contributed by atoms with van der Waals surface area (Å²) < 4.78 is 0. The van der Waals surface area contributed by atoms with E-state index in [1.165, 1.54) is 10.8 Å². The Morgan fingerprint density at radius 2 is 1.56 bits per heavy atom. The Bertz CT molecular complexity index is 1260. The van der Waals surface area contributed by atoms with Gasteiger partial charge in [0.1, 0.15) is 11.5 Å². The van der Waals surface area contributed by atoms with Crippen molar-refractivity contribution in [1.29, 1.82) is 0 Å². The molecule has 4 heteroatoms. The molecular weight excluding hydrogens is 332 g/mol. The molecule has 0 unspecified atom stereocenters. The lowest BCUT2D eigenvalue weighted by atomic mass is 10.1. The molecule has 3 aromatic carbocycles. The van der Waals surface area contributed by atoms with Crippen molar-refractivity contribution in [1.82, 2.24) is 15.0 Å². The maximum absolute atomic E-state index is 4.82. The normalized spacial score (nSPS) is 11.1. The molecule has 5 rings (SSSR count).